The summed E-state index contributed by atoms with van der Waals surface area (Å²) in [5, 5.41) is 23.2. The fraction of sp³-hybridized carbons (Fsp3) is 0.800. The Bertz CT molecular complexity index is 1060. The van der Waals surface area contributed by atoms with Crippen LogP contribution in [0.2, 0.25) is 0 Å². The normalized spacial score (nSPS) is 41.6. The Morgan fingerprint density at radius 3 is 2.50 bits per heavy atom. The Hall–Kier alpha value is -0.570. The minimum Gasteiger partial charge on any atom is -0.504 e. The topological polar surface area (TPSA) is 62.2 Å². The lowest BCUT2D eigenvalue weighted by Gasteiger charge is -2.75. The van der Waals surface area contributed by atoms with Crippen molar-refractivity contribution in [3.63, 3.8) is 0 Å². The van der Waals surface area contributed by atoms with E-state index in [9.17, 15) is 10.2 Å². The van der Waals surface area contributed by atoms with Crippen molar-refractivity contribution in [2.75, 3.05) is 25.1 Å². The van der Waals surface area contributed by atoms with E-state index in [4.69, 9.17) is 9.47 Å². The number of nitrogens with zero attached hydrogens (tertiary/aromatic N) is 1. The monoisotopic (exact) mass is 609 g/mol. The third kappa shape index (κ3) is 2.88. The van der Waals surface area contributed by atoms with Gasteiger partial charge >= 0.3 is 0 Å². The third-order valence-corrected chi connectivity index (χ3v) is 11.9. The number of phenolic OH excluding ortho intramolecular Hbond substituents is 1. The maximum absolute atomic E-state index is 12.2. The number of phenols is 1. The zero-order valence-corrected chi connectivity index (χ0v) is 25.0. The minimum atomic E-state index is -0.909. The number of hydrogen-bond acceptors (Lipinski definition) is 5. The molecule has 0 aromatic heterocycles. The first-order valence-corrected chi connectivity index (χ1v) is 16.1. The molecule has 5 nitrogen and oxygen atoms in total. The molecule has 200 valence electrons. The van der Waals surface area contributed by atoms with Crippen molar-refractivity contribution in [1.82, 2.24) is 4.90 Å². The molecule has 2 N–H and O–H groups in total. The molecule has 1 saturated heterocycles. The molecule has 7 aliphatic rings. The number of aromatic hydroxyl groups is 1. The maximum atomic E-state index is 12.2. The number of methoxy groups -OCH3 is 1. The van der Waals surface area contributed by atoms with Gasteiger partial charge in [-0.25, -0.2) is 0 Å². The molecule has 5 aliphatic carbocycles. The Kier molecular flexibility index (Phi) is 5.70. The van der Waals surface area contributed by atoms with E-state index in [2.05, 4.69) is 54.3 Å². The predicted molar refractivity (Wildman–Crippen MR) is 150 cm³/mol. The fourth-order valence-corrected chi connectivity index (χ4v) is 9.58. The van der Waals surface area contributed by atoms with Gasteiger partial charge in [0.2, 0.25) is 0 Å². The summed E-state index contributed by atoms with van der Waals surface area (Å²) in [6.45, 7) is 10.8. The zero-order valence-electron chi connectivity index (χ0n) is 22.9. The largest absolute Gasteiger partial charge is 0.504 e. The molecule has 36 heavy (non-hydrogen) atoms. The van der Waals surface area contributed by atoms with Gasteiger partial charge in [-0.05, 0) is 86.3 Å². The molecule has 2 aliphatic heterocycles. The van der Waals surface area contributed by atoms with E-state index in [0.29, 0.717) is 11.8 Å². The Balaban J connectivity index is 0.00000117. The highest BCUT2D eigenvalue weighted by atomic mass is 127. The predicted octanol–water partition coefficient (Wildman–Crippen LogP) is 5.47. The maximum Gasteiger partial charge on any atom is 0.165 e. The van der Waals surface area contributed by atoms with Crippen LogP contribution in [-0.4, -0.2) is 63.6 Å². The van der Waals surface area contributed by atoms with Crippen molar-refractivity contribution in [1.29, 1.82) is 0 Å². The number of hydrogen-bond donors (Lipinski definition) is 2. The first-order valence-electron chi connectivity index (χ1n) is 13.9. The van der Waals surface area contributed by atoms with Crippen molar-refractivity contribution >= 4 is 22.6 Å². The Labute approximate surface area is 230 Å². The van der Waals surface area contributed by atoms with Crippen molar-refractivity contribution in [2.24, 2.45) is 22.7 Å². The van der Waals surface area contributed by atoms with Crippen LogP contribution in [0.3, 0.4) is 0 Å². The summed E-state index contributed by atoms with van der Waals surface area (Å²) in [5.41, 5.74) is 0.783. The number of alkyl halides is 1. The van der Waals surface area contributed by atoms with Crippen LogP contribution in [0.15, 0.2) is 12.1 Å². The highest BCUT2D eigenvalue weighted by molar-refractivity contribution is 14.1. The van der Waals surface area contributed by atoms with Gasteiger partial charge in [0.15, 0.2) is 11.5 Å². The molecule has 0 unspecified atom stereocenters. The number of fused-ring (bicyclic) bond motifs is 2. The molecular weight excluding hydrogens is 565 g/mol. The summed E-state index contributed by atoms with van der Waals surface area (Å²) >= 11 is 2.15. The van der Waals surface area contributed by atoms with Crippen LogP contribution in [0.4, 0.5) is 0 Å². The van der Waals surface area contributed by atoms with E-state index in [-0.39, 0.29) is 34.0 Å². The van der Waals surface area contributed by atoms with Crippen molar-refractivity contribution in [3.05, 3.63) is 23.3 Å². The highest BCUT2D eigenvalue weighted by Crippen LogP contribution is 2.78. The van der Waals surface area contributed by atoms with Crippen LogP contribution in [0.1, 0.15) is 77.3 Å². The summed E-state index contributed by atoms with van der Waals surface area (Å²) in [5.74, 6) is 1.80. The summed E-state index contributed by atoms with van der Waals surface area (Å²) in [6, 6.07) is 4.46. The average Bonchev–Trinajstić information content (AvgIpc) is 3.59. The molecule has 8 rings (SSSR count). The molecule has 4 bridgehead atoms. The first kappa shape index (κ1) is 25.7. The first-order chi connectivity index (χ1) is 17.0. The molecule has 5 fully saturated rings. The van der Waals surface area contributed by atoms with E-state index >= 15 is 0 Å². The number of likely N-dealkylation sites (tertiary alicyclic amines) is 1. The van der Waals surface area contributed by atoms with Crippen LogP contribution in [0.5, 0.6) is 11.5 Å². The van der Waals surface area contributed by atoms with Crippen molar-refractivity contribution < 1.29 is 19.7 Å². The molecule has 4 saturated carbocycles. The second kappa shape index (κ2) is 7.98. The average molecular weight is 610 g/mol. The Morgan fingerprint density at radius 2 is 1.86 bits per heavy atom. The molecule has 0 amide bonds. The molecule has 2 heterocycles. The number of aliphatic hydroxyl groups is 1. The highest BCUT2D eigenvalue weighted by Gasteiger charge is 2.82. The summed E-state index contributed by atoms with van der Waals surface area (Å²) in [6.07, 6.45) is 7.64. The van der Waals surface area contributed by atoms with Gasteiger partial charge in [0, 0.05) is 42.0 Å². The smallest absolute Gasteiger partial charge is 0.165 e. The molecule has 1 aromatic rings. The van der Waals surface area contributed by atoms with Crippen LogP contribution >= 0.6 is 22.6 Å². The minimum absolute atomic E-state index is 0.0294. The van der Waals surface area contributed by atoms with Crippen LogP contribution in [-0.2, 0) is 16.6 Å². The lowest BCUT2D eigenvalue weighted by Crippen LogP contribution is -2.83. The molecule has 1 aromatic carbocycles. The van der Waals surface area contributed by atoms with E-state index in [0.717, 1.165) is 44.6 Å². The summed E-state index contributed by atoms with van der Waals surface area (Å²) in [4.78, 5) is 4.79. The van der Waals surface area contributed by atoms with Gasteiger partial charge in [-0.1, -0.05) is 49.4 Å². The molecule has 2 spiro atoms. The SMILES string of the molecule is CI.CO[C@@]12CC[C@]3(C[C@@H]1[C@](C)(O)C(C)(C)C)[C@H]1Cc4ccc(O)c5c4[C@@]3(CCN1CC1CC1)[C@@H]2O5. The number of ether oxygens (including phenoxy) is 2. The van der Waals surface area contributed by atoms with Gasteiger partial charge in [-0.3, -0.25) is 4.90 Å². The Morgan fingerprint density at radius 1 is 1.14 bits per heavy atom. The zero-order chi connectivity index (χ0) is 25.9. The van der Waals surface area contributed by atoms with Crippen molar-refractivity contribution in [3.8, 4) is 11.5 Å². The van der Waals surface area contributed by atoms with Gasteiger partial charge < -0.3 is 19.7 Å². The molecule has 6 heteroatoms. The molecular formula is C30H44INO4. The van der Waals surface area contributed by atoms with Gasteiger partial charge in [0.1, 0.15) is 11.7 Å². The quantitative estimate of drug-likeness (QED) is 0.351. The second-order valence-electron chi connectivity index (χ2n) is 13.8. The van der Waals surface area contributed by atoms with Crippen molar-refractivity contribution in [2.45, 2.75) is 101 Å². The van der Waals surface area contributed by atoms with Gasteiger partial charge in [0.05, 0.1) is 5.60 Å². The third-order valence-electron chi connectivity index (χ3n) is 11.9. The lowest BCUT2D eigenvalue weighted by atomic mass is 9.33. The van der Waals surface area contributed by atoms with E-state index in [1.807, 2.05) is 25.0 Å². The lowest BCUT2D eigenvalue weighted by molar-refractivity contribution is -0.312. The van der Waals surface area contributed by atoms with E-state index < -0.39 is 11.2 Å². The van der Waals surface area contributed by atoms with Gasteiger partial charge in [-0.2, -0.15) is 0 Å². The van der Waals surface area contributed by atoms with E-state index in [1.54, 1.807) is 0 Å². The van der Waals surface area contributed by atoms with Gasteiger partial charge in [-0.15, -0.1) is 0 Å². The van der Waals surface area contributed by atoms with Gasteiger partial charge in [0.25, 0.3) is 0 Å². The number of rotatable bonds is 4. The number of benzene rings is 1. The standard InChI is InChI=1S/C29H41NO4.CH3I/c1-25(2,3)26(4,32)20-15-27-10-11-29(20,33-5)24-28(27)12-13-30(16-17-6-7-17)21(27)14-18-8-9-19(31)23(34-24)22(18)28;1-2/h8-9,17,20-21,24,31-32H,6-7,10-16H2,1-5H3;1H3/t20-,21-,24+,26+,27+,28+,29+;/m1./s1. The van der Waals surface area contributed by atoms with E-state index in [1.165, 1.54) is 30.5 Å². The number of halogens is 1. The second-order valence-corrected chi connectivity index (χ2v) is 13.8. The summed E-state index contributed by atoms with van der Waals surface area (Å²) in [7, 11) is 1.83. The molecule has 7 atom stereocenters. The summed E-state index contributed by atoms with van der Waals surface area (Å²) < 4.78 is 13.5. The van der Waals surface area contributed by atoms with Crippen LogP contribution in [0.25, 0.3) is 0 Å². The molecule has 0 radical (unpaired) electrons. The fourth-order valence-electron chi connectivity index (χ4n) is 9.58. The van der Waals surface area contributed by atoms with Crippen LogP contribution < -0.4 is 4.74 Å². The van der Waals surface area contributed by atoms with Crippen LogP contribution in [0, 0.1) is 22.7 Å². The number of piperidine rings is 1.